The molecule has 0 radical (unpaired) electrons. The molecule has 1 aromatic rings. The highest BCUT2D eigenvalue weighted by atomic mass is 19.4. The van der Waals surface area contributed by atoms with Crippen LogP contribution in [0.25, 0.3) is 0 Å². The molecule has 1 N–H and O–H groups in total. The van der Waals surface area contributed by atoms with E-state index in [2.05, 4.69) is 22.1 Å². The zero-order valence-electron chi connectivity index (χ0n) is 13.1. The first kappa shape index (κ1) is 17.7. The first-order valence-corrected chi connectivity index (χ1v) is 7.89. The minimum atomic E-state index is -4.56. The second-order valence-corrected chi connectivity index (χ2v) is 5.88. The molecule has 128 valence electrons. The summed E-state index contributed by atoms with van der Waals surface area (Å²) in [6.07, 6.45) is -1.43. The number of hydrogen-bond donors (Lipinski definition) is 1. The molecule has 0 aliphatic carbocycles. The summed E-state index contributed by atoms with van der Waals surface area (Å²) in [5.74, 6) is -0.414. The smallest absolute Gasteiger partial charge is 0.340 e. The molecule has 0 spiro atoms. The molecule has 1 atom stereocenters. The molecule has 0 aromatic carbocycles. The van der Waals surface area contributed by atoms with Crippen LogP contribution in [-0.2, 0) is 4.79 Å². The molecule has 0 bridgehead atoms. The number of nitrogens with one attached hydrogen (secondary N) is 1. The van der Waals surface area contributed by atoms with E-state index in [4.69, 9.17) is 0 Å². The highest BCUT2D eigenvalue weighted by molar-refractivity contribution is 5.76. The Morgan fingerprint density at radius 1 is 1.39 bits per heavy atom. The van der Waals surface area contributed by atoms with Crippen LogP contribution in [-0.4, -0.2) is 41.6 Å². The Morgan fingerprint density at radius 3 is 2.61 bits per heavy atom. The SMILES string of the molecule is CCN1CCC(CC(=O)N[C@@H](c2ccccn2)C(F)(F)F)CC1. The lowest BCUT2D eigenvalue weighted by Crippen LogP contribution is -2.40. The van der Waals surface area contributed by atoms with Crippen molar-refractivity contribution in [1.82, 2.24) is 15.2 Å². The molecule has 1 amide bonds. The van der Waals surface area contributed by atoms with E-state index in [0.717, 1.165) is 32.5 Å². The first-order chi connectivity index (χ1) is 10.9. The van der Waals surface area contributed by atoms with E-state index < -0.39 is 18.1 Å². The number of carbonyl (C=O) groups excluding carboxylic acids is 1. The number of nitrogens with zero attached hydrogens (tertiary/aromatic N) is 2. The molecule has 4 nitrogen and oxygen atoms in total. The predicted octanol–water partition coefficient (Wildman–Crippen LogP) is 2.92. The van der Waals surface area contributed by atoms with Crippen LogP contribution in [0.3, 0.4) is 0 Å². The lowest BCUT2D eigenvalue weighted by molar-refractivity contribution is -0.164. The van der Waals surface area contributed by atoms with Gasteiger partial charge in [0.15, 0.2) is 6.04 Å². The van der Waals surface area contributed by atoms with E-state index in [1.807, 2.05) is 0 Å². The summed E-state index contributed by atoms with van der Waals surface area (Å²) in [4.78, 5) is 18.0. The zero-order chi connectivity index (χ0) is 16.9. The predicted molar refractivity (Wildman–Crippen MR) is 80.6 cm³/mol. The molecule has 2 rings (SSSR count). The number of likely N-dealkylation sites (tertiary alicyclic amines) is 1. The van der Waals surface area contributed by atoms with Crippen LogP contribution in [0.1, 0.15) is 37.9 Å². The van der Waals surface area contributed by atoms with Gasteiger partial charge in [-0.15, -0.1) is 0 Å². The van der Waals surface area contributed by atoms with Crippen LogP contribution >= 0.6 is 0 Å². The van der Waals surface area contributed by atoms with E-state index in [0.29, 0.717) is 0 Å². The molecule has 1 fully saturated rings. The van der Waals surface area contributed by atoms with Gasteiger partial charge in [0, 0.05) is 12.6 Å². The van der Waals surface area contributed by atoms with Crippen LogP contribution in [0.5, 0.6) is 0 Å². The molecule has 2 heterocycles. The number of carbonyl (C=O) groups is 1. The van der Waals surface area contributed by atoms with Crippen molar-refractivity contribution < 1.29 is 18.0 Å². The third-order valence-corrected chi connectivity index (χ3v) is 4.24. The molecular formula is C16H22F3N3O. The molecule has 7 heteroatoms. The fourth-order valence-corrected chi connectivity index (χ4v) is 2.86. The quantitative estimate of drug-likeness (QED) is 0.903. The Bertz CT molecular complexity index is 499. The first-order valence-electron chi connectivity index (χ1n) is 7.89. The Labute approximate surface area is 134 Å². The molecule has 0 unspecified atom stereocenters. The van der Waals surface area contributed by atoms with Crippen LogP contribution in [0.2, 0.25) is 0 Å². The van der Waals surface area contributed by atoms with Gasteiger partial charge < -0.3 is 10.2 Å². The second kappa shape index (κ2) is 7.77. The van der Waals surface area contributed by atoms with Gasteiger partial charge in [-0.1, -0.05) is 13.0 Å². The minimum absolute atomic E-state index is 0.136. The number of piperidine rings is 1. The van der Waals surface area contributed by atoms with Gasteiger partial charge in [-0.2, -0.15) is 13.2 Å². The third kappa shape index (κ3) is 5.20. The van der Waals surface area contributed by atoms with Gasteiger partial charge in [0.2, 0.25) is 5.91 Å². The van der Waals surface area contributed by atoms with E-state index >= 15 is 0 Å². The number of pyridine rings is 1. The Morgan fingerprint density at radius 2 is 2.09 bits per heavy atom. The maximum Gasteiger partial charge on any atom is 0.414 e. The van der Waals surface area contributed by atoms with Gasteiger partial charge in [-0.05, 0) is 50.5 Å². The van der Waals surface area contributed by atoms with Crippen molar-refractivity contribution in [3.63, 3.8) is 0 Å². The lowest BCUT2D eigenvalue weighted by atomic mass is 9.93. The standard InChI is InChI=1S/C16H22F3N3O/c1-2-22-9-6-12(7-10-22)11-14(23)21-15(16(17,18)19)13-5-3-4-8-20-13/h3-5,8,12,15H,2,6-7,9-11H2,1H3,(H,21,23)/t15-/m0/s1. The van der Waals surface area contributed by atoms with E-state index in [9.17, 15) is 18.0 Å². The number of amides is 1. The van der Waals surface area contributed by atoms with Gasteiger partial charge in [-0.25, -0.2) is 0 Å². The molecular weight excluding hydrogens is 307 g/mol. The Balaban J connectivity index is 1.94. The monoisotopic (exact) mass is 329 g/mol. The molecule has 1 aliphatic heterocycles. The number of aromatic nitrogens is 1. The van der Waals surface area contributed by atoms with Crippen molar-refractivity contribution >= 4 is 5.91 Å². The van der Waals surface area contributed by atoms with Crippen molar-refractivity contribution in [2.45, 2.75) is 38.4 Å². The normalized spacial score (nSPS) is 18.6. The van der Waals surface area contributed by atoms with Crippen LogP contribution in [0, 0.1) is 5.92 Å². The minimum Gasteiger partial charge on any atom is -0.340 e. The summed E-state index contributed by atoms with van der Waals surface area (Å²) in [6.45, 7) is 4.84. The summed E-state index contributed by atoms with van der Waals surface area (Å²) in [6, 6.07) is 2.25. The van der Waals surface area contributed by atoms with Gasteiger partial charge in [0.05, 0.1) is 5.69 Å². The van der Waals surface area contributed by atoms with Crippen molar-refractivity contribution in [3.05, 3.63) is 30.1 Å². The van der Waals surface area contributed by atoms with Crippen molar-refractivity contribution in [2.24, 2.45) is 5.92 Å². The Hall–Kier alpha value is -1.63. The van der Waals surface area contributed by atoms with Gasteiger partial charge in [-0.3, -0.25) is 9.78 Å². The van der Waals surface area contributed by atoms with E-state index in [1.165, 1.54) is 18.3 Å². The van der Waals surface area contributed by atoms with E-state index in [-0.39, 0.29) is 18.0 Å². The average Bonchev–Trinajstić information content (AvgIpc) is 2.53. The van der Waals surface area contributed by atoms with E-state index in [1.54, 1.807) is 6.07 Å². The van der Waals surface area contributed by atoms with Gasteiger partial charge >= 0.3 is 6.18 Å². The summed E-state index contributed by atoms with van der Waals surface area (Å²) in [5.41, 5.74) is -0.186. The van der Waals surface area contributed by atoms with Gasteiger partial charge in [0.25, 0.3) is 0 Å². The molecule has 1 saturated heterocycles. The van der Waals surface area contributed by atoms with Crippen LogP contribution in [0.15, 0.2) is 24.4 Å². The van der Waals surface area contributed by atoms with Gasteiger partial charge in [0.1, 0.15) is 0 Å². The zero-order valence-corrected chi connectivity index (χ0v) is 13.1. The average molecular weight is 329 g/mol. The number of halogens is 3. The third-order valence-electron chi connectivity index (χ3n) is 4.24. The summed E-state index contributed by atoms with van der Waals surface area (Å²) < 4.78 is 39.5. The fourth-order valence-electron chi connectivity index (χ4n) is 2.86. The summed E-state index contributed by atoms with van der Waals surface area (Å²) >= 11 is 0. The van der Waals surface area contributed by atoms with Crippen molar-refractivity contribution in [1.29, 1.82) is 0 Å². The molecule has 0 saturated carbocycles. The number of hydrogen-bond acceptors (Lipinski definition) is 3. The molecule has 23 heavy (non-hydrogen) atoms. The van der Waals surface area contributed by atoms with Crippen molar-refractivity contribution in [2.75, 3.05) is 19.6 Å². The van der Waals surface area contributed by atoms with Crippen LogP contribution < -0.4 is 5.32 Å². The highest BCUT2D eigenvalue weighted by Gasteiger charge is 2.42. The second-order valence-electron chi connectivity index (χ2n) is 5.88. The number of alkyl halides is 3. The Kier molecular flexibility index (Phi) is 5.98. The maximum absolute atomic E-state index is 13.2. The topological polar surface area (TPSA) is 45.2 Å². The summed E-state index contributed by atoms with van der Waals surface area (Å²) in [7, 11) is 0. The van der Waals surface area contributed by atoms with Crippen molar-refractivity contribution in [3.8, 4) is 0 Å². The van der Waals surface area contributed by atoms with Crippen LogP contribution in [0.4, 0.5) is 13.2 Å². The summed E-state index contributed by atoms with van der Waals surface area (Å²) in [5, 5.41) is 2.11. The lowest BCUT2D eigenvalue weighted by Gasteiger charge is -2.31. The largest absolute Gasteiger partial charge is 0.414 e. The molecule has 1 aromatic heterocycles. The fraction of sp³-hybridized carbons (Fsp3) is 0.625. The number of rotatable bonds is 5. The molecule has 1 aliphatic rings. The maximum atomic E-state index is 13.2. The highest BCUT2D eigenvalue weighted by Crippen LogP contribution is 2.32.